The molecule has 4 rings (SSSR count). The van der Waals surface area contributed by atoms with Crippen molar-refractivity contribution in [2.45, 2.75) is 82.8 Å². The van der Waals surface area contributed by atoms with Gasteiger partial charge in [0.1, 0.15) is 17.5 Å². The molecule has 2 aromatic rings. The van der Waals surface area contributed by atoms with Crippen LogP contribution in [0.4, 0.5) is 0 Å². The van der Waals surface area contributed by atoms with Gasteiger partial charge in [-0.2, -0.15) is 0 Å². The summed E-state index contributed by atoms with van der Waals surface area (Å²) in [5.41, 5.74) is 0.835. The lowest BCUT2D eigenvalue weighted by molar-refractivity contribution is -0.129. The summed E-state index contributed by atoms with van der Waals surface area (Å²) in [5, 5.41) is 9.58. The van der Waals surface area contributed by atoms with Crippen molar-refractivity contribution in [3.05, 3.63) is 30.0 Å². The Hall–Kier alpha value is -3.07. The molecule has 1 aliphatic heterocycles. The number of rotatable bonds is 11. The number of ether oxygens (including phenoxy) is 1. The van der Waals surface area contributed by atoms with Crippen LogP contribution in [0.5, 0.6) is 5.75 Å². The molecular formula is C29H39ClN4O5. The van der Waals surface area contributed by atoms with Crippen LogP contribution in [0.2, 0.25) is 0 Å². The molecule has 1 saturated heterocycles. The highest BCUT2D eigenvalue weighted by atomic mass is 35.5. The third-order valence-corrected chi connectivity index (χ3v) is 8.25. The standard InChI is InChI=1S/C29H39ClN4O5/c1-17(2)12-22(33-28(38)23-14-19-20(31-23)8-7-9-25(19)39-3)27(37)32-21(24(35)16-30)13-18-15-29(34-26(18)36)10-5-4-6-11-29/h7-9,14,17-18,21-22,31H,4-6,10-13,15-16H2,1-3H3,(H,32,37)(H,33,38)(H,34,36)/t18?,21?,22-/m0/s1. The van der Waals surface area contributed by atoms with Crippen molar-refractivity contribution in [3.63, 3.8) is 0 Å². The minimum atomic E-state index is -0.909. The molecule has 2 fully saturated rings. The van der Waals surface area contributed by atoms with E-state index in [0.29, 0.717) is 24.3 Å². The number of fused-ring (bicyclic) bond motifs is 1. The predicted molar refractivity (Wildman–Crippen MR) is 150 cm³/mol. The number of hydrogen-bond donors (Lipinski definition) is 4. The largest absolute Gasteiger partial charge is 0.496 e. The molecule has 9 nitrogen and oxygen atoms in total. The monoisotopic (exact) mass is 558 g/mol. The minimum absolute atomic E-state index is 0.0696. The van der Waals surface area contributed by atoms with Crippen LogP contribution >= 0.6 is 11.6 Å². The van der Waals surface area contributed by atoms with E-state index in [4.69, 9.17) is 16.3 Å². The number of methoxy groups -OCH3 is 1. The fourth-order valence-corrected chi connectivity index (χ4v) is 6.20. The van der Waals surface area contributed by atoms with E-state index in [-0.39, 0.29) is 41.4 Å². The number of alkyl halides is 1. The lowest BCUT2D eigenvalue weighted by Gasteiger charge is -2.33. The Balaban J connectivity index is 1.47. The van der Waals surface area contributed by atoms with Gasteiger partial charge < -0.3 is 25.7 Å². The van der Waals surface area contributed by atoms with E-state index in [0.717, 1.165) is 36.6 Å². The van der Waals surface area contributed by atoms with Crippen molar-refractivity contribution < 1.29 is 23.9 Å². The number of halogens is 1. The number of carbonyl (C=O) groups excluding carboxylic acids is 4. The maximum absolute atomic E-state index is 13.4. The van der Waals surface area contributed by atoms with Crippen LogP contribution in [0.25, 0.3) is 10.9 Å². The Morgan fingerprint density at radius 1 is 1.13 bits per heavy atom. The molecule has 4 N–H and O–H groups in total. The van der Waals surface area contributed by atoms with Gasteiger partial charge in [0.05, 0.1) is 19.0 Å². The molecule has 1 aromatic carbocycles. The van der Waals surface area contributed by atoms with Crippen molar-refractivity contribution in [1.82, 2.24) is 20.9 Å². The molecule has 2 unspecified atom stereocenters. The fourth-order valence-electron chi connectivity index (χ4n) is 6.01. The molecule has 1 aromatic heterocycles. The normalized spacial score (nSPS) is 20.0. The summed E-state index contributed by atoms with van der Waals surface area (Å²) in [6.45, 7) is 3.91. The summed E-state index contributed by atoms with van der Waals surface area (Å²) in [6, 6.07) is 5.37. The van der Waals surface area contributed by atoms with Gasteiger partial charge in [0, 0.05) is 22.4 Å². The maximum atomic E-state index is 13.4. The van der Waals surface area contributed by atoms with Gasteiger partial charge in [0.15, 0.2) is 5.78 Å². The third kappa shape index (κ3) is 6.75. The van der Waals surface area contributed by atoms with Gasteiger partial charge in [0.25, 0.3) is 5.91 Å². The molecule has 39 heavy (non-hydrogen) atoms. The summed E-state index contributed by atoms with van der Waals surface area (Å²) >= 11 is 5.90. The van der Waals surface area contributed by atoms with Gasteiger partial charge in [0.2, 0.25) is 11.8 Å². The SMILES string of the molecule is COc1cccc2[nH]c(C(=O)N[C@@H](CC(C)C)C(=O)NC(CC3CC4(CCCCC4)NC3=O)C(=O)CCl)cc12. The smallest absolute Gasteiger partial charge is 0.268 e. The Morgan fingerprint density at radius 3 is 2.54 bits per heavy atom. The zero-order valence-corrected chi connectivity index (χ0v) is 23.7. The number of Topliss-reactive ketones (excluding diaryl/α,β-unsaturated/α-hetero) is 1. The zero-order valence-electron chi connectivity index (χ0n) is 22.9. The average molecular weight is 559 g/mol. The molecular weight excluding hydrogens is 520 g/mol. The molecule has 10 heteroatoms. The maximum Gasteiger partial charge on any atom is 0.268 e. The van der Waals surface area contributed by atoms with Crippen LogP contribution in [0.3, 0.4) is 0 Å². The number of nitrogens with one attached hydrogen (secondary N) is 4. The summed E-state index contributed by atoms with van der Waals surface area (Å²) in [4.78, 5) is 55.3. The van der Waals surface area contributed by atoms with Gasteiger partial charge in [-0.1, -0.05) is 39.2 Å². The van der Waals surface area contributed by atoms with Crippen molar-refractivity contribution >= 4 is 46.0 Å². The molecule has 212 valence electrons. The van der Waals surface area contributed by atoms with Gasteiger partial charge in [-0.15, -0.1) is 11.6 Å². The predicted octanol–water partition coefficient (Wildman–Crippen LogP) is 3.84. The van der Waals surface area contributed by atoms with Crippen molar-refractivity contribution in [1.29, 1.82) is 0 Å². The van der Waals surface area contributed by atoms with Gasteiger partial charge in [-0.3, -0.25) is 19.2 Å². The van der Waals surface area contributed by atoms with E-state index in [1.165, 1.54) is 6.42 Å². The van der Waals surface area contributed by atoms with E-state index in [2.05, 4.69) is 20.9 Å². The lowest BCUT2D eigenvalue weighted by atomic mass is 9.78. The first-order chi connectivity index (χ1) is 18.6. The van der Waals surface area contributed by atoms with Gasteiger partial charge in [-0.25, -0.2) is 0 Å². The number of hydrogen-bond acceptors (Lipinski definition) is 5. The molecule has 3 atom stereocenters. The van der Waals surface area contributed by atoms with Crippen LogP contribution in [-0.4, -0.2) is 59.1 Å². The van der Waals surface area contributed by atoms with Gasteiger partial charge in [-0.05, 0) is 56.2 Å². The molecule has 0 radical (unpaired) electrons. The summed E-state index contributed by atoms with van der Waals surface area (Å²) in [5.74, 6) is -1.25. The summed E-state index contributed by atoms with van der Waals surface area (Å²) < 4.78 is 5.38. The Morgan fingerprint density at radius 2 is 1.87 bits per heavy atom. The Labute approximate surface area is 234 Å². The number of aromatic amines is 1. The highest BCUT2D eigenvalue weighted by Crippen LogP contribution is 2.39. The summed E-state index contributed by atoms with van der Waals surface area (Å²) in [6.07, 6.45) is 6.42. The number of carbonyl (C=O) groups is 4. The van der Waals surface area contributed by atoms with Crippen molar-refractivity contribution in [3.8, 4) is 5.75 Å². The second kappa shape index (κ2) is 12.4. The average Bonchev–Trinajstić information content (AvgIpc) is 3.48. The number of ketones is 1. The third-order valence-electron chi connectivity index (χ3n) is 7.98. The van der Waals surface area contributed by atoms with E-state index in [1.807, 2.05) is 32.0 Å². The first-order valence-corrected chi connectivity index (χ1v) is 14.4. The molecule has 3 amide bonds. The van der Waals surface area contributed by atoms with E-state index < -0.39 is 23.9 Å². The molecule has 2 heterocycles. The second-order valence-electron chi connectivity index (χ2n) is 11.4. The number of benzene rings is 1. The molecule has 1 spiro atoms. The Kier molecular flexibility index (Phi) is 9.20. The van der Waals surface area contributed by atoms with Crippen molar-refractivity contribution in [2.75, 3.05) is 13.0 Å². The first-order valence-electron chi connectivity index (χ1n) is 13.8. The highest BCUT2D eigenvalue weighted by molar-refractivity contribution is 6.28. The van der Waals surface area contributed by atoms with Gasteiger partial charge >= 0.3 is 0 Å². The van der Waals surface area contributed by atoms with E-state index >= 15 is 0 Å². The molecule has 1 aliphatic carbocycles. The highest BCUT2D eigenvalue weighted by Gasteiger charge is 2.45. The summed E-state index contributed by atoms with van der Waals surface area (Å²) in [7, 11) is 1.56. The van der Waals surface area contributed by atoms with Crippen molar-refractivity contribution in [2.24, 2.45) is 11.8 Å². The Bertz CT molecular complexity index is 1220. The van der Waals surface area contributed by atoms with Crippen LogP contribution in [-0.2, 0) is 14.4 Å². The lowest BCUT2D eigenvalue weighted by Crippen LogP contribution is -2.53. The zero-order chi connectivity index (χ0) is 28.2. The quantitative estimate of drug-likeness (QED) is 0.311. The number of aromatic nitrogens is 1. The first kappa shape index (κ1) is 28.9. The van der Waals surface area contributed by atoms with Crippen LogP contribution in [0.15, 0.2) is 24.3 Å². The molecule has 1 saturated carbocycles. The molecule has 2 aliphatic rings. The topological polar surface area (TPSA) is 129 Å². The number of amides is 3. The minimum Gasteiger partial charge on any atom is -0.496 e. The molecule has 0 bridgehead atoms. The van der Waals surface area contributed by atoms with E-state index in [1.54, 1.807) is 13.2 Å². The van der Waals surface area contributed by atoms with E-state index in [9.17, 15) is 19.2 Å². The van der Waals surface area contributed by atoms with Crippen LogP contribution in [0, 0.1) is 11.8 Å². The second-order valence-corrected chi connectivity index (χ2v) is 11.7. The number of H-pyrrole nitrogens is 1. The van der Waals surface area contributed by atoms with Crippen LogP contribution in [0.1, 0.15) is 75.7 Å². The van der Waals surface area contributed by atoms with Crippen LogP contribution < -0.4 is 20.7 Å². The fraction of sp³-hybridized carbons (Fsp3) is 0.586.